The van der Waals surface area contributed by atoms with Crippen molar-refractivity contribution in [3.63, 3.8) is 0 Å². The van der Waals surface area contributed by atoms with Crippen molar-refractivity contribution >= 4 is 66.5 Å². The highest BCUT2D eigenvalue weighted by Gasteiger charge is 2.18. The molecule has 1 N–H and O–H groups in total. The maximum absolute atomic E-state index is 13.6. The molecule has 0 atom stereocenters. The lowest BCUT2D eigenvalue weighted by atomic mass is 10.3. The fourth-order valence-corrected chi connectivity index (χ4v) is 3.84. The van der Waals surface area contributed by atoms with Crippen molar-refractivity contribution in [3.8, 4) is 0 Å². The number of fused-ring (bicyclic) bond motifs is 1. The maximum atomic E-state index is 13.6. The lowest BCUT2D eigenvalue weighted by molar-refractivity contribution is 0.102. The van der Waals surface area contributed by atoms with E-state index >= 15 is 0 Å². The molecule has 0 radical (unpaired) electrons. The van der Waals surface area contributed by atoms with E-state index in [4.69, 9.17) is 0 Å². The van der Waals surface area contributed by atoms with Gasteiger partial charge in [-0.2, -0.15) is 0 Å². The minimum absolute atomic E-state index is 0.0834. The van der Waals surface area contributed by atoms with Gasteiger partial charge in [0.15, 0.2) is 22.6 Å². The van der Waals surface area contributed by atoms with E-state index in [0.29, 0.717) is 5.56 Å². The molecule has 2 aromatic heterocycles. The molecule has 3 aromatic rings. The van der Waals surface area contributed by atoms with Crippen LogP contribution in [-0.2, 0) is 0 Å². The summed E-state index contributed by atoms with van der Waals surface area (Å²) in [5.41, 5.74) is 0.149. The van der Waals surface area contributed by atoms with Gasteiger partial charge in [0.2, 0.25) is 0 Å². The molecular formula is C12H4F3IN2OS2. The molecule has 0 saturated carbocycles. The van der Waals surface area contributed by atoms with Gasteiger partial charge in [0.05, 0.1) is 13.1 Å². The first kappa shape index (κ1) is 14.7. The fourth-order valence-electron chi connectivity index (χ4n) is 1.63. The normalized spacial score (nSPS) is 11.0. The number of carbonyl (C=O) groups is 1. The first-order valence-corrected chi connectivity index (χ1v) is 8.22. The molecule has 3 nitrogen and oxygen atoms in total. The second-order valence-electron chi connectivity index (χ2n) is 3.95. The first-order chi connectivity index (χ1) is 9.95. The Morgan fingerprint density at radius 2 is 2.00 bits per heavy atom. The highest BCUT2D eigenvalue weighted by atomic mass is 127. The van der Waals surface area contributed by atoms with Gasteiger partial charge < -0.3 is 0 Å². The molecule has 1 aromatic carbocycles. The van der Waals surface area contributed by atoms with Crippen molar-refractivity contribution in [1.82, 2.24) is 4.98 Å². The first-order valence-electron chi connectivity index (χ1n) is 5.45. The SMILES string of the molecule is O=C(Nc1nc2c(F)c(F)c(F)cc2s1)c1csc(I)c1. The number of nitrogens with one attached hydrogen (secondary N) is 1. The third-order valence-electron chi connectivity index (χ3n) is 2.57. The van der Waals surface area contributed by atoms with E-state index in [1.165, 1.54) is 11.3 Å². The zero-order chi connectivity index (χ0) is 15.1. The van der Waals surface area contributed by atoms with E-state index < -0.39 is 23.4 Å². The Balaban J connectivity index is 1.95. The third-order valence-corrected chi connectivity index (χ3v) is 5.28. The standard InChI is InChI=1S/C12H4F3IN2OS2/c13-5-2-6-10(9(15)8(5)14)17-12(21-6)18-11(19)4-1-7(16)20-3-4/h1-3H,(H,17,18,19). The summed E-state index contributed by atoms with van der Waals surface area (Å²) >= 11 is 4.36. The number of thiazole rings is 1. The van der Waals surface area contributed by atoms with Crippen molar-refractivity contribution in [2.75, 3.05) is 5.32 Å². The molecule has 0 spiro atoms. The minimum atomic E-state index is -1.57. The Morgan fingerprint density at radius 3 is 2.67 bits per heavy atom. The Hall–Kier alpha value is -1.20. The molecule has 0 aliphatic heterocycles. The lowest BCUT2D eigenvalue weighted by Gasteiger charge is -1.97. The summed E-state index contributed by atoms with van der Waals surface area (Å²) < 4.78 is 40.9. The van der Waals surface area contributed by atoms with E-state index in [0.717, 1.165) is 20.3 Å². The molecule has 0 saturated heterocycles. The van der Waals surface area contributed by atoms with Crippen LogP contribution in [0.1, 0.15) is 10.4 Å². The largest absolute Gasteiger partial charge is 0.298 e. The van der Waals surface area contributed by atoms with Crippen molar-refractivity contribution < 1.29 is 18.0 Å². The van der Waals surface area contributed by atoms with Crippen LogP contribution >= 0.6 is 45.3 Å². The second kappa shape index (κ2) is 5.54. The van der Waals surface area contributed by atoms with Crippen LogP contribution in [-0.4, -0.2) is 10.9 Å². The number of benzene rings is 1. The van der Waals surface area contributed by atoms with E-state index in [9.17, 15) is 18.0 Å². The summed E-state index contributed by atoms with van der Waals surface area (Å²) in [4.78, 5) is 15.7. The van der Waals surface area contributed by atoms with Crippen molar-refractivity contribution in [1.29, 1.82) is 0 Å². The Labute approximate surface area is 138 Å². The average Bonchev–Trinajstić information content (AvgIpc) is 3.02. The molecule has 0 fully saturated rings. The van der Waals surface area contributed by atoms with Crippen LogP contribution in [0.5, 0.6) is 0 Å². The van der Waals surface area contributed by atoms with Gasteiger partial charge in [0.25, 0.3) is 5.91 Å². The van der Waals surface area contributed by atoms with E-state index in [2.05, 4.69) is 32.9 Å². The molecule has 21 heavy (non-hydrogen) atoms. The molecule has 1 amide bonds. The summed E-state index contributed by atoms with van der Waals surface area (Å²) in [6.45, 7) is 0. The molecule has 0 aliphatic carbocycles. The lowest BCUT2D eigenvalue weighted by Crippen LogP contribution is -2.10. The predicted octanol–water partition coefficient (Wildman–Crippen LogP) is 4.63. The Kier molecular flexibility index (Phi) is 3.88. The van der Waals surface area contributed by atoms with Crippen LogP contribution in [0.25, 0.3) is 10.2 Å². The third kappa shape index (κ3) is 2.77. The summed E-state index contributed by atoms with van der Waals surface area (Å²) in [6.07, 6.45) is 0. The molecule has 108 valence electrons. The van der Waals surface area contributed by atoms with Gasteiger partial charge in [-0.25, -0.2) is 18.2 Å². The minimum Gasteiger partial charge on any atom is -0.298 e. The van der Waals surface area contributed by atoms with Crippen LogP contribution in [0.3, 0.4) is 0 Å². The van der Waals surface area contributed by atoms with Gasteiger partial charge in [-0.15, -0.1) is 11.3 Å². The molecule has 9 heteroatoms. The molecule has 0 bridgehead atoms. The van der Waals surface area contributed by atoms with Gasteiger partial charge in [-0.1, -0.05) is 11.3 Å². The van der Waals surface area contributed by atoms with E-state index in [1.54, 1.807) is 11.4 Å². The summed E-state index contributed by atoms with van der Waals surface area (Å²) in [7, 11) is 0. The number of hydrogen-bond donors (Lipinski definition) is 1. The molecule has 0 aliphatic rings. The van der Waals surface area contributed by atoms with E-state index in [1.807, 2.05) is 0 Å². The number of aromatic nitrogens is 1. The number of anilines is 1. The van der Waals surface area contributed by atoms with Gasteiger partial charge in [-0.3, -0.25) is 10.1 Å². The molecular weight excluding hydrogens is 436 g/mol. The predicted molar refractivity (Wildman–Crippen MR) is 84.5 cm³/mol. The van der Waals surface area contributed by atoms with Crippen molar-refractivity contribution in [3.05, 3.63) is 43.4 Å². The number of carbonyl (C=O) groups excluding carboxylic acids is 1. The number of hydrogen-bond acceptors (Lipinski definition) is 4. The van der Waals surface area contributed by atoms with Gasteiger partial charge in [-0.05, 0) is 34.7 Å². The maximum Gasteiger partial charge on any atom is 0.258 e. The summed E-state index contributed by atoms with van der Waals surface area (Å²) in [5, 5.41) is 4.24. The average molecular weight is 440 g/mol. The smallest absolute Gasteiger partial charge is 0.258 e. The number of thiophene rings is 1. The Morgan fingerprint density at radius 1 is 1.24 bits per heavy atom. The number of rotatable bonds is 2. The summed E-state index contributed by atoms with van der Waals surface area (Å²) in [6, 6.07) is 2.54. The summed E-state index contributed by atoms with van der Waals surface area (Å²) in [5.74, 6) is -4.62. The van der Waals surface area contributed by atoms with Gasteiger partial charge in [0, 0.05) is 5.38 Å². The highest BCUT2D eigenvalue weighted by Crippen LogP contribution is 2.30. The van der Waals surface area contributed by atoms with Crippen LogP contribution in [0.4, 0.5) is 18.3 Å². The fraction of sp³-hybridized carbons (Fsp3) is 0. The van der Waals surface area contributed by atoms with Crippen LogP contribution in [0.15, 0.2) is 17.5 Å². The van der Waals surface area contributed by atoms with Crippen LogP contribution < -0.4 is 5.32 Å². The molecule has 3 rings (SSSR count). The molecule has 0 unspecified atom stereocenters. The van der Waals surface area contributed by atoms with E-state index in [-0.39, 0.29) is 15.3 Å². The Bertz CT molecular complexity index is 862. The highest BCUT2D eigenvalue weighted by molar-refractivity contribution is 14.1. The zero-order valence-electron chi connectivity index (χ0n) is 9.92. The van der Waals surface area contributed by atoms with Crippen molar-refractivity contribution in [2.45, 2.75) is 0 Å². The number of amides is 1. The van der Waals surface area contributed by atoms with Crippen molar-refractivity contribution in [2.24, 2.45) is 0 Å². The van der Waals surface area contributed by atoms with Gasteiger partial charge in [0.1, 0.15) is 5.52 Å². The molecule has 2 heterocycles. The van der Waals surface area contributed by atoms with Crippen LogP contribution in [0, 0.1) is 20.3 Å². The van der Waals surface area contributed by atoms with Gasteiger partial charge >= 0.3 is 0 Å². The monoisotopic (exact) mass is 440 g/mol. The second-order valence-corrected chi connectivity index (χ2v) is 7.78. The quantitative estimate of drug-likeness (QED) is 0.467. The topological polar surface area (TPSA) is 42.0 Å². The zero-order valence-corrected chi connectivity index (χ0v) is 13.7. The van der Waals surface area contributed by atoms with Crippen LogP contribution in [0.2, 0.25) is 0 Å². The number of halogens is 4. The number of nitrogens with zero attached hydrogens (tertiary/aromatic N) is 1.